The molecule has 0 saturated carbocycles. The molecule has 0 unspecified atom stereocenters. The Labute approximate surface area is 166 Å². The SMILES string of the molecule is C1CCCNCC1.C1CCCOCC1.C1CCCSCC1.CC.CC.[HH]. The van der Waals surface area contributed by atoms with Crippen LogP contribution in [0.25, 0.3) is 0 Å². The van der Waals surface area contributed by atoms with Gasteiger partial charge in [-0.15, -0.1) is 0 Å². The van der Waals surface area contributed by atoms with Crippen LogP contribution in [0.1, 0.15) is 106 Å². The largest absolute Gasteiger partial charge is 0.381 e. The molecule has 0 aromatic heterocycles. The molecule has 3 aliphatic rings. The van der Waals surface area contributed by atoms with Gasteiger partial charge in [0, 0.05) is 14.6 Å². The summed E-state index contributed by atoms with van der Waals surface area (Å²) in [7, 11) is 0. The lowest BCUT2D eigenvalue weighted by Gasteiger charge is -1.91. The van der Waals surface area contributed by atoms with E-state index in [4.69, 9.17) is 4.74 Å². The Morgan fingerprint density at radius 3 is 1.44 bits per heavy atom. The number of hydrogen-bond acceptors (Lipinski definition) is 3. The van der Waals surface area contributed by atoms with Gasteiger partial charge in [0.15, 0.2) is 0 Å². The summed E-state index contributed by atoms with van der Waals surface area (Å²) in [6.45, 7) is 12.5. The fraction of sp³-hybridized carbons (Fsp3) is 1.00. The van der Waals surface area contributed by atoms with Gasteiger partial charge in [0.2, 0.25) is 0 Å². The molecule has 3 saturated heterocycles. The van der Waals surface area contributed by atoms with Crippen molar-refractivity contribution in [2.24, 2.45) is 0 Å². The molecule has 3 heteroatoms. The molecule has 0 amide bonds. The molecule has 0 aromatic carbocycles. The number of ether oxygens (including phenoxy) is 1. The maximum atomic E-state index is 5.19. The topological polar surface area (TPSA) is 21.3 Å². The van der Waals surface area contributed by atoms with E-state index in [1.807, 2.05) is 27.7 Å². The molecule has 0 radical (unpaired) electrons. The van der Waals surface area contributed by atoms with E-state index in [1.165, 1.54) is 102 Å². The van der Waals surface area contributed by atoms with Gasteiger partial charge in [-0.05, 0) is 63.1 Å². The lowest BCUT2D eigenvalue weighted by atomic mass is 10.2. The summed E-state index contributed by atoms with van der Waals surface area (Å²) in [4.78, 5) is 0. The molecule has 3 rings (SSSR count). The Hall–Kier alpha value is 0.270. The zero-order valence-corrected chi connectivity index (χ0v) is 18.9. The third-order valence-electron chi connectivity index (χ3n) is 4.11. The highest BCUT2D eigenvalue weighted by atomic mass is 32.2. The first-order valence-corrected chi connectivity index (χ1v) is 12.5. The van der Waals surface area contributed by atoms with E-state index in [-0.39, 0.29) is 1.43 Å². The molecule has 0 aromatic rings. The molecular weight excluding hydrogens is 326 g/mol. The van der Waals surface area contributed by atoms with Crippen LogP contribution < -0.4 is 5.32 Å². The van der Waals surface area contributed by atoms with Crippen molar-refractivity contribution in [3.05, 3.63) is 0 Å². The molecule has 0 bridgehead atoms. The van der Waals surface area contributed by atoms with Gasteiger partial charge in [0.05, 0.1) is 0 Å². The van der Waals surface area contributed by atoms with E-state index in [0.717, 1.165) is 13.2 Å². The minimum absolute atomic E-state index is 0. The van der Waals surface area contributed by atoms with Crippen molar-refractivity contribution in [3.63, 3.8) is 0 Å². The Bertz CT molecular complexity index is 116. The van der Waals surface area contributed by atoms with Gasteiger partial charge in [-0.3, -0.25) is 0 Å². The van der Waals surface area contributed by atoms with Crippen molar-refractivity contribution in [1.29, 1.82) is 0 Å². The van der Waals surface area contributed by atoms with Gasteiger partial charge in [0.25, 0.3) is 0 Å². The Balaban J connectivity index is -0.000000273. The predicted molar refractivity (Wildman–Crippen MR) is 121 cm³/mol. The minimum atomic E-state index is 0. The molecule has 0 aliphatic carbocycles. The molecule has 0 spiro atoms. The summed E-state index contributed by atoms with van der Waals surface area (Å²) < 4.78 is 5.19. The molecule has 25 heavy (non-hydrogen) atoms. The van der Waals surface area contributed by atoms with E-state index >= 15 is 0 Å². The highest BCUT2D eigenvalue weighted by Crippen LogP contribution is 2.15. The van der Waals surface area contributed by atoms with Crippen LogP contribution in [0, 0.1) is 0 Å². The van der Waals surface area contributed by atoms with E-state index in [9.17, 15) is 0 Å². The smallest absolute Gasteiger partial charge is 0.0466 e. The fourth-order valence-corrected chi connectivity index (χ4v) is 3.73. The first-order chi connectivity index (χ1) is 12.5. The quantitative estimate of drug-likeness (QED) is 0.478. The van der Waals surface area contributed by atoms with Crippen LogP contribution in [0.3, 0.4) is 0 Å². The van der Waals surface area contributed by atoms with E-state index in [0.29, 0.717) is 0 Å². The second-order valence-electron chi connectivity index (χ2n) is 6.22. The normalized spacial score (nSPS) is 20.6. The summed E-state index contributed by atoms with van der Waals surface area (Å²) in [5.74, 6) is 2.83. The van der Waals surface area contributed by atoms with Crippen LogP contribution in [0.5, 0.6) is 0 Å². The zero-order chi connectivity index (χ0) is 18.8. The standard InChI is InChI=1S/C6H13N.C6H12O.C6H12S.2C2H6.H2/c3*1-2-4-6-7-5-3-1;2*1-2;/h7H,1-6H2;2*1-6H2;2*1-2H3;1H. The first kappa shape index (κ1) is 27.5. The van der Waals surface area contributed by atoms with Crippen molar-refractivity contribution < 1.29 is 6.16 Å². The summed E-state index contributed by atoms with van der Waals surface area (Å²) in [6.07, 6.45) is 16.8. The maximum Gasteiger partial charge on any atom is 0.0466 e. The lowest BCUT2D eigenvalue weighted by molar-refractivity contribution is 0.144. The summed E-state index contributed by atoms with van der Waals surface area (Å²) in [6, 6.07) is 0. The summed E-state index contributed by atoms with van der Waals surface area (Å²) in [5.41, 5.74) is 0. The van der Waals surface area contributed by atoms with Gasteiger partial charge in [-0.1, -0.05) is 66.2 Å². The molecule has 156 valence electrons. The van der Waals surface area contributed by atoms with Crippen LogP contribution in [0.4, 0.5) is 0 Å². The second kappa shape index (κ2) is 29.0. The highest BCUT2D eigenvalue weighted by molar-refractivity contribution is 7.99. The highest BCUT2D eigenvalue weighted by Gasteiger charge is 1.96. The maximum absolute atomic E-state index is 5.19. The molecular formula is C22H51NOS. The zero-order valence-electron chi connectivity index (χ0n) is 18.0. The van der Waals surface area contributed by atoms with Crippen LogP contribution in [-0.2, 0) is 4.74 Å². The first-order valence-electron chi connectivity index (χ1n) is 11.4. The average molecular weight is 378 g/mol. The van der Waals surface area contributed by atoms with Crippen molar-refractivity contribution in [3.8, 4) is 0 Å². The molecule has 0 atom stereocenters. The number of nitrogens with one attached hydrogen (secondary N) is 1. The summed E-state index contributed by atoms with van der Waals surface area (Å²) >= 11 is 2.12. The third-order valence-corrected chi connectivity index (χ3v) is 5.27. The van der Waals surface area contributed by atoms with Crippen LogP contribution in [-0.4, -0.2) is 37.8 Å². The molecule has 3 heterocycles. The third kappa shape index (κ3) is 26.6. The van der Waals surface area contributed by atoms with Gasteiger partial charge in [0.1, 0.15) is 0 Å². The monoisotopic (exact) mass is 377 g/mol. The number of hydrogen-bond donors (Lipinski definition) is 1. The van der Waals surface area contributed by atoms with Crippen molar-refractivity contribution in [1.82, 2.24) is 5.32 Å². The van der Waals surface area contributed by atoms with Crippen LogP contribution >= 0.6 is 11.8 Å². The second-order valence-corrected chi connectivity index (χ2v) is 7.44. The van der Waals surface area contributed by atoms with Gasteiger partial charge < -0.3 is 10.1 Å². The Kier molecular flexibility index (Phi) is 31.9. The minimum Gasteiger partial charge on any atom is -0.381 e. The predicted octanol–water partition coefficient (Wildman–Crippen LogP) is 7.32. The molecule has 3 fully saturated rings. The fourth-order valence-electron chi connectivity index (χ4n) is 2.71. The van der Waals surface area contributed by atoms with Crippen LogP contribution in [0.2, 0.25) is 0 Å². The van der Waals surface area contributed by atoms with Crippen LogP contribution in [0.15, 0.2) is 0 Å². The molecule has 1 N–H and O–H groups in total. The van der Waals surface area contributed by atoms with Gasteiger partial charge >= 0.3 is 0 Å². The lowest BCUT2D eigenvalue weighted by Crippen LogP contribution is -2.12. The van der Waals surface area contributed by atoms with Gasteiger partial charge in [-0.25, -0.2) is 0 Å². The van der Waals surface area contributed by atoms with E-state index < -0.39 is 0 Å². The molecule has 3 aliphatic heterocycles. The number of thioether (sulfide) groups is 1. The van der Waals surface area contributed by atoms with Gasteiger partial charge in [-0.2, -0.15) is 11.8 Å². The van der Waals surface area contributed by atoms with E-state index in [1.54, 1.807) is 0 Å². The van der Waals surface area contributed by atoms with Crippen molar-refractivity contribution >= 4 is 11.8 Å². The van der Waals surface area contributed by atoms with E-state index in [2.05, 4.69) is 17.1 Å². The Morgan fingerprint density at radius 2 is 0.960 bits per heavy atom. The average Bonchev–Trinajstić information content (AvgIpc) is 3.26. The summed E-state index contributed by atoms with van der Waals surface area (Å²) in [5, 5.41) is 3.35. The van der Waals surface area contributed by atoms with Crippen molar-refractivity contribution in [2.75, 3.05) is 37.8 Å². The Morgan fingerprint density at radius 1 is 0.560 bits per heavy atom. The number of rotatable bonds is 0. The molecule has 2 nitrogen and oxygen atoms in total. The van der Waals surface area contributed by atoms with Crippen molar-refractivity contribution in [2.45, 2.75) is 105 Å².